The number of sulfonamides is 1. The second kappa shape index (κ2) is 13.3. The minimum Gasteiger partial charge on any atom is -0.466 e. The normalized spacial score (nSPS) is 16.9. The summed E-state index contributed by atoms with van der Waals surface area (Å²) in [6, 6.07) is 17.9. The van der Waals surface area contributed by atoms with Gasteiger partial charge in [0.1, 0.15) is 17.3 Å². The Kier molecular flexibility index (Phi) is 9.35. The van der Waals surface area contributed by atoms with Gasteiger partial charge in [-0.2, -0.15) is 14.7 Å². The number of nitrogens with zero attached hydrogens (tertiary/aromatic N) is 5. The van der Waals surface area contributed by atoms with E-state index in [1.807, 2.05) is 36.4 Å². The number of hydrogen-bond donors (Lipinski definition) is 0. The van der Waals surface area contributed by atoms with Crippen LogP contribution < -0.4 is 0 Å². The number of amides is 1. The molecule has 3 heterocycles. The summed E-state index contributed by atoms with van der Waals surface area (Å²) in [7, 11) is -3.86. The number of hydrogen-bond acceptors (Lipinski definition) is 8. The molecule has 2 aliphatic rings. The molecule has 0 aliphatic carbocycles. The molecule has 1 amide bonds. The van der Waals surface area contributed by atoms with Gasteiger partial charge in [-0.15, -0.1) is 0 Å². The van der Waals surface area contributed by atoms with E-state index < -0.39 is 15.9 Å². The molecule has 1 aromatic heterocycles. The topological polar surface area (TPSA) is 135 Å². The Morgan fingerprint density at radius 3 is 2.47 bits per heavy atom. The van der Waals surface area contributed by atoms with Crippen LogP contribution in [0.25, 0.3) is 23.0 Å². The molecule has 224 valence electrons. The molecule has 0 bridgehead atoms. The lowest BCUT2D eigenvalue weighted by molar-refractivity contribution is -0.149. The summed E-state index contributed by atoms with van der Waals surface area (Å²) < 4.78 is 40.8. The standard InChI is InChI=1S/C31H33N5O6S/c1-2-42-31(38)23-11-13-35(14-12-23)43(39,40)28-10-6-7-24(20-28)29-26(22-36(33-29)27-8-4-3-5-9-27)19-25(21-32)30(37)34-15-17-41-18-16-34/h3-10,19-20,22-23H,2,11-18H2,1H3. The molecule has 0 saturated carbocycles. The van der Waals surface area contributed by atoms with Gasteiger partial charge in [-0.05, 0) is 50.1 Å². The van der Waals surface area contributed by atoms with Crippen molar-refractivity contribution in [1.29, 1.82) is 5.26 Å². The number of carbonyl (C=O) groups excluding carboxylic acids is 2. The average Bonchev–Trinajstić information content (AvgIpc) is 3.48. The number of piperidine rings is 1. The van der Waals surface area contributed by atoms with Gasteiger partial charge in [-0.1, -0.05) is 30.3 Å². The fourth-order valence-corrected chi connectivity index (χ4v) is 6.73. The number of morpholine rings is 1. The lowest BCUT2D eigenvalue weighted by Crippen LogP contribution is -2.41. The van der Waals surface area contributed by atoms with E-state index in [2.05, 4.69) is 0 Å². The van der Waals surface area contributed by atoms with E-state index in [9.17, 15) is 23.3 Å². The van der Waals surface area contributed by atoms with Gasteiger partial charge in [-0.3, -0.25) is 9.59 Å². The average molecular weight is 604 g/mol. The Balaban J connectivity index is 1.48. The maximum atomic E-state index is 13.6. The Hall–Kier alpha value is -4.31. The largest absolute Gasteiger partial charge is 0.466 e. The minimum atomic E-state index is -3.86. The second-order valence-corrected chi connectivity index (χ2v) is 12.2. The zero-order valence-electron chi connectivity index (χ0n) is 23.9. The molecule has 2 aliphatic heterocycles. The van der Waals surface area contributed by atoms with Crippen molar-refractivity contribution in [2.45, 2.75) is 24.7 Å². The Morgan fingerprint density at radius 2 is 1.79 bits per heavy atom. The first-order valence-electron chi connectivity index (χ1n) is 14.2. The molecular weight excluding hydrogens is 570 g/mol. The highest BCUT2D eigenvalue weighted by Gasteiger charge is 2.33. The highest BCUT2D eigenvalue weighted by molar-refractivity contribution is 7.89. The Labute approximate surface area is 251 Å². The van der Waals surface area contributed by atoms with Gasteiger partial charge < -0.3 is 14.4 Å². The quantitative estimate of drug-likeness (QED) is 0.218. The maximum Gasteiger partial charge on any atom is 0.309 e. The molecule has 2 fully saturated rings. The monoisotopic (exact) mass is 603 g/mol. The zero-order valence-corrected chi connectivity index (χ0v) is 24.7. The van der Waals surface area contributed by atoms with E-state index in [0.29, 0.717) is 62.6 Å². The molecule has 2 aromatic carbocycles. The van der Waals surface area contributed by atoms with Crippen LogP contribution in [0, 0.1) is 17.2 Å². The number of benzene rings is 2. The molecule has 11 nitrogen and oxygen atoms in total. The lowest BCUT2D eigenvalue weighted by Gasteiger charge is -2.30. The van der Waals surface area contributed by atoms with E-state index in [1.165, 1.54) is 16.4 Å². The van der Waals surface area contributed by atoms with Crippen LogP contribution >= 0.6 is 0 Å². The van der Waals surface area contributed by atoms with E-state index in [1.54, 1.807) is 40.9 Å². The highest BCUT2D eigenvalue weighted by atomic mass is 32.2. The third-order valence-corrected chi connectivity index (χ3v) is 9.43. The second-order valence-electron chi connectivity index (χ2n) is 10.2. The third-order valence-electron chi connectivity index (χ3n) is 7.53. The minimum absolute atomic E-state index is 0.0518. The summed E-state index contributed by atoms with van der Waals surface area (Å²) in [5, 5.41) is 14.7. The van der Waals surface area contributed by atoms with Crippen LogP contribution in [0.1, 0.15) is 25.3 Å². The molecule has 12 heteroatoms. The van der Waals surface area contributed by atoms with Crippen molar-refractivity contribution in [1.82, 2.24) is 19.0 Å². The molecule has 5 rings (SSSR count). The summed E-state index contributed by atoms with van der Waals surface area (Å²) in [4.78, 5) is 27.0. The predicted molar refractivity (Wildman–Crippen MR) is 158 cm³/mol. The third kappa shape index (κ3) is 6.69. The molecular formula is C31H33N5O6S. The molecule has 43 heavy (non-hydrogen) atoms. The SMILES string of the molecule is CCOC(=O)C1CCN(S(=O)(=O)c2cccc(-c3nn(-c4ccccc4)cc3C=C(C#N)C(=O)N3CCOCC3)c2)CC1. The van der Waals surface area contributed by atoms with Crippen LogP contribution in [0.2, 0.25) is 0 Å². The summed E-state index contributed by atoms with van der Waals surface area (Å²) in [5.41, 5.74) is 2.13. The maximum absolute atomic E-state index is 13.6. The van der Waals surface area contributed by atoms with Gasteiger partial charge >= 0.3 is 5.97 Å². The number of para-hydroxylation sites is 1. The van der Waals surface area contributed by atoms with Gasteiger partial charge in [0.05, 0.1) is 36.3 Å². The predicted octanol–water partition coefficient (Wildman–Crippen LogP) is 3.27. The molecule has 0 unspecified atom stereocenters. The van der Waals surface area contributed by atoms with E-state index in [-0.39, 0.29) is 35.4 Å². The van der Waals surface area contributed by atoms with Crippen LogP contribution in [-0.4, -0.2) is 85.3 Å². The van der Waals surface area contributed by atoms with Gasteiger partial charge in [0.2, 0.25) is 10.0 Å². The van der Waals surface area contributed by atoms with Crippen molar-refractivity contribution in [3.63, 3.8) is 0 Å². The summed E-state index contributed by atoms with van der Waals surface area (Å²) in [6.45, 7) is 4.06. The number of rotatable bonds is 8. The van der Waals surface area contributed by atoms with Gasteiger partial charge in [-0.25, -0.2) is 13.1 Å². The van der Waals surface area contributed by atoms with Crippen LogP contribution in [0.4, 0.5) is 0 Å². The molecule has 3 aromatic rings. The Morgan fingerprint density at radius 1 is 1.07 bits per heavy atom. The van der Waals surface area contributed by atoms with E-state index in [4.69, 9.17) is 14.6 Å². The first-order valence-corrected chi connectivity index (χ1v) is 15.7. The summed E-state index contributed by atoms with van der Waals surface area (Å²) >= 11 is 0. The molecule has 0 radical (unpaired) electrons. The van der Waals surface area contributed by atoms with Crippen molar-refractivity contribution < 1.29 is 27.5 Å². The van der Waals surface area contributed by atoms with Crippen LogP contribution in [0.5, 0.6) is 0 Å². The first kappa shape index (κ1) is 30.2. The van der Waals surface area contributed by atoms with Crippen molar-refractivity contribution >= 4 is 28.0 Å². The number of nitriles is 1. The molecule has 2 saturated heterocycles. The van der Waals surface area contributed by atoms with Crippen molar-refractivity contribution in [3.8, 4) is 23.0 Å². The molecule has 0 N–H and O–H groups in total. The molecule has 0 spiro atoms. The summed E-state index contributed by atoms with van der Waals surface area (Å²) in [5.74, 6) is -1.00. The smallest absolute Gasteiger partial charge is 0.309 e. The fraction of sp³-hybridized carbons (Fsp3) is 0.355. The van der Waals surface area contributed by atoms with E-state index in [0.717, 1.165) is 5.69 Å². The zero-order chi connectivity index (χ0) is 30.4. The number of carbonyl (C=O) groups is 2. The lowest BCUT2D eigenvalue weighted by atomic mass is 9.98. The van der Waals surface area contributed by atoms with Gasteiger partial charge in [0, 0.05) is 43.5 Å². The number of ether oxygens (including phenoxy) is 2. The van der Waals surface area contributed by atoms with Crippen LogP contribution in [-0.2, 0) is 29.1 Å². The highest BCUT2D eigenvalue weighted by Crippen LogP contribution is 2.30. The van der Waals surface area contributed by atoms with Gasteiger partial charge in [0.25, 0.3) is 5.91 Å². The van der Waals surface area contributed by atoms with E-state index >= 15 is 0 Å². The fourth-order valence-electron chi connectivity index (χ4n) is 5.21. The van der Waals surface area contributed by atoms with Crippen LogP contribution in [0.3, 0.4) is 0 Å². The first-order chi connectivity index (χ1) is 20.8. The number of esters is 1. The number of aromatic nitrogens is 2. The van der Waals surface area contributed by atoms with Crippen molar-refractivity contribution in [2.75, 3.05) is 46.0 Å². The van der Waals surface area contributed by atoms with Crippen LogP contribution in [0.15, 0.2) is 71.3 Å². The summed E-state index contributed by atoms with van der Waals surface area (Å²) in [6.07, 6.45) is 4.00. The van der Waals surface area contributed by atoms with Crippen molar-refractivity contribution in [3.05, 3.63) is 71.9 Å². The van der Waals surface area contributed by atoms with Gasteiger partial charge in [0.15, 0.2) is 0 Å². The molecule has 0 atom stereocenters. The Bertz CT molecular complexity index is 1650. The van der Waals surface area contributed by atoms with Crippen molar-refractivity contribution in [2.24, 2.45) is 5.92 Å².